The predicted molar refractivity (Wildman–Crippen MR) is 112 cm³/mol. The molecule has 3 rings (SSSR count). The number of nitrogens with one attached hydrogen (secondary N) is 1. The third kappa shape index (κ3) is 5.38. The highest BCUT2D eigenvalue weighted by molar-refractivity contribution is 7.16. The van der Waals surface area contributed by atoms with E-state index < -0.39 is 18.7 Å². The van der Waals surface area contributed by atoms with Crippen molar-refractivity contribution in [2.24, 2.45) is 0 Å². The number of fused-ring (bicyclic) bond motifs is 1. The van der Waals surface area contributed by atoms with Crippen LogP contribution in [0.25, 0.3) is 0 Å². The maximum Gasteiger partial charge on any atom is 0.410 e. The molecule has 2 amide bonds. The van der Waals surface area contributed by atoms with Crippen molar-refractivity contribution in [1.29, 1.82) is 5.26 Å². The van der Waals surface area contributed by atoms with Gasteiger partial charge in [0.1, 0.15) is 11.1 Å². The van der Waals surface area contributed by atoms with Gasteiger partial charge in [0, 0.05) is 35.7 Å². The minimum absolute atomic E-state index is 0.0682. The topological polar surface area (TPSA) is 122 Å². The summed E-state index contributed by atoms with van der Waals surface area (Å²) in [6.07, 6.45) is 1.75. The van der Waals surface area contributed by atoms with Crippen LogP contribution in [0.4, 0.5) is 9.80 Å². The molecule has 1 atom stereocenters. The second-order valence-electron chi connectivity index (χ2n) is 7.03. The lowest BCUT2D eigenvalue weighted by Gasteiger charge is -2.25. The van der Waals surface area contributed by atoms with Gasteiger partial charge in [0.15, 0.2) is 6.61 Å². The Bertz CT molecular complexity index is 1010. The molecule has 1 N–H and O–H groups in total. The molecule has 0 spiro atoms. The number of aromatic nitrogens is 1. The Morgan fingerprint density at radius 1 is 1.39 bits per heavy atom. The molecule has 162 valence electrons. The molecule has 9 nitrogen and oxygen atoms in total. The second kappa shape index (κ2) is 10.0. The van der Waals surface area contributed by atoms with E-state index in [1.165, 1.54) is 23.3 Å². The van der Waals surface area contributed by atoms with E-state index >= 15 is 0 Å². The zero-order valence-electron chi connectivity index (χ0n) is 17.2. The van der Waals surface area contributed by atoms with Crippen LogP contribution in [0.5, 0.6) is 0 Å². The molecule has 2 aromatic rings. The second-order valence-corrected chi connectivity index (χ2v) is 8.14. The number of thiophene rings is 1. The molecule has 31 heavy (non-hydrogen) atoms. The molecule has 0 saturated carbocycles. The van der Waals surface area contributed by atoms with Gasteiger partial charge in [0.05, 0.1) is 19.2 Å². The number of carbonyl (C=O) groups excluding carboxylic acids is 3. The summed E-state index contributed by atoms with van der Waals surface area (Å²) < 4.78 is 9.40. The molecular formula is C21H22N4O5S. The van der Waals surface area contributed by atoms with Gasteiger partial charge in [0.25, 0.3) is 0 Å². The molecule has 2 aromatic heterocycles. The first-order valence-electron chi connectivity index (χ1n) is 9.66. The van der Waals surface area contributed by atoms with Crippen LogP contribution in [0.3, 0.4) is 0 Å². The van der Waals surface area contributed by atoms with E-state index in [2.05, 4.69) is 21.1 Å². The van der Waals surface area contributed by atoms with E-state index in [9.17, 15) is 19.6 Å². The molecule has 0 aromatic carbocycles. The standard InChI is InChI=1S/C21H22N4O5S/c1-13(16-5-3-4-7-23-16)9-18(26)24-20-15(10-22)14-6-8-25(11-17(14)31-20)21(28)30-12-19(27)29-2/h3-5,7,13H,6,8-9,11-12H2,1-2H3,(H,24,26). The first-order chi connectivity index (χ1) is 14.9. The van der Waals surface area contributed by atoms with Gasteiger partial charge in [-0.15, -0.1) is 11.3 Å². The molecule has 1 aliphatic rings. The molecule has 0 bridgehead atoms. The zero-order chi connectivity index (χ0) is 22.4. The average molecular weight is 442 g/mol. The van der Waals surface area contributed by atoms with E-state index in [1.807, 2.05) is 25.1 Å². The van der Waals surface area contributed by atoms with Crippen LogP contribution in [-0.2, 0) is 32.0 Å². The van der Waals surface area contributed by atoms with E-state index in [1.54, 1.807) is 6.20 Å². The zero-order valence-corrected chi connectivity index (χ0v) is 18.0. The summed E-state index contributed by atoms with van der Waals surface area (Å²) in [4.78, 5) is 42.4. The summed E-state index contributed by atoms with van der Waals surface area (Å²) in [5.74, 6) is -0.914. The minimum atomic E-state index is -0.640. The van der Waals surface area contributed by atoms with Crippen LogP contribution in [0.15, 0.2) is 24.4 Å². The van der Waals surface area contributed by atoms with E-state index in [-0.39, 0.29) is 24.8 Å². The molecule has 0 fully saturated rings. The van der Waals surface area contributed by atoms with Gasteiger partial charge in [-0.05, 0) is 24.1 Å². The molecule has 0 saturated heterocycles. The molecule has 0 radical (unpaired) electrons. The first kappa shape index (κ1) is 22.2. The number of nitriles is 1. The normalized spacial score (nSPS) is 13.5. The quantitative estimate of drug-likeness (QED) is 0.683. The van der Waals surface area contributed by atoms with Crippen molar-refractivity contribution in [2.45, 2.75) is 32.2 Å². The molecule has 0 aliphatic carbocycles. The molecule has 10 heteroatoms. The van der Waals surface area contributed by atoms with Gasteiger partial charge in [-0.25, -0.2) is 9.59 Å². The van der Waals surface area contributed by atoms with Crippen molar-refractivity contribution < 1.29 is 23.9 Å². The number of amides is 2. The van der Waals surface area contributed by atoms with E-state index in [0.717, 1.165) is 16.1 Å². The van der Waals surface area contributed by atoms with Crippen LogP contribution in [0.2, 0.25) is 0 Å². The Morgan fingerprint density at radius 3 is 2.87 bits per heavy atom. The van der Waals surface area contributed by atoms with Gasteiger partial charge in [-0.1, -0.05) is 13.0 Å². The SMILES string of the molecule is COC(=O)COC(=O)N1CCc2c(sc(NC(=O)CC(C)c3ccccn3)c2C#N)C1. The van der Waals surface area contributed by atoms with Crippen LogP contribution in [-0.4, -0.2) is 48.1 Å². The van der Waals surface area contributed by atoms with Crippen molar-refractivity contribution in [3.8, 4) is 6.07 Å². The maximum atomic E-state index is 12.6. The Hall–Kier alpha value is -3.45. The van der Waals surface area contributed by atoms with Gasteiger partial charge in [-0.3, -0.25) is 9.78 Å². The fourth-order valence-corrected chi connectivity index (χ4v) is 4.49. The number of carbonyl (C=O) groups is 3. The molecule has 1 aliphatic heterocycles. The van der Waals surface area contributed by atoms with Crippen LogP contribution < -0.4 is 5.32 Å². The monoisotopic (exact) mass is 442 g/mol. The van der Waals surface area contributed by atoms with Crippen LogP contribution in [0.1, 0.15) is 41.0 Å². The average Bonchev–Trinajstić information content (AvgIpc) is 3.13. The summed E-state index contributed by atoms with van der Waals surface area (Å²) in [6.45, 7) is 2.06. The maximum absolute atomic E-state index is 12.6. The number of anilines is 1. The Labute approximate surface area is 183 Å². The highest BCUT2D eigenvalue weighted by Gasteiger charge is 2.28. The number of esters is 1. The van der Waals surface area contributed by atoms with Crippen molar-refractivity contribution in [1.82, 2.24) is 9.88 Å². The predicted octanol–water partition coefficient (Wildman–Crippen LogP) is 2.81. The summed E-state index contributed by atoms with van der Waals surface area (Å²) in [6, 6.07) is 7.74. The number of nitrogens with zero attached hydrogens (tertiary/aromatic N) is 3. The number of pyridine rings is 1. The number of rotatable bonds is 6. The highest BCUT2D eigenvalue weighted by atomic mass is 32.1. The lowest BCUT2D eigenvalue weighted by atomic mass is 10.0. The number of hydrogen-bond donors (Lipinski definition) is 1. The van der Waals surface area contributed by atoms with Gasteiger partial charge < -0.3 is 19.7 Å². The lowest BCUT2D eigenvalue weighted by molar-refractivity contribution is -0.144. The third-order valence-electron chi connectivity index (χ3n) is 4.91. The Morgan fingerprint density at radius 2 is 2.19 bits per heavy atom. The van der Waals surface area contributed by atoms with E-state index in [4.69, 9.17) is 4.74 Å². The van der Waals surface area contributed by atoms with Crippen LogP contribution >= 0.6 is 11.3 Å². The summed E-state index contributed by atoms with van der Waals surface area (Å²) >= 11 is 1.28. The third-order valence-corrected chi connectivity index (χ3v) is 6.04. The molecule has 3 heterocycles. The summed E-state index contributed by atoms with van der Waals surface area (Å²) in [5, 5.41) is 12.9. The van der Waals surface area contributed by atoms with Crippen LogP contribution in [0, 0.1) is 11.3 Å². The summed E-state index contributed by atoms with van der Waals surface area (Å²) in [7, 11) is 1.21. The van der Waals surface area contributed by atoms with Gasteiger partial charge in [0.2, 0.25) is 5.91 Å². The van der Waals surface area contributed by atoms with Gasteiger partial charge >= 0.3 is 12.1 Å². The van der Waals surface area contributed by atoms with Crippen molar-refractivity contribution in [2.75, 3.05) is 25.6 Å². The number of ether oxygens (including phenoxy) is 2. The number of hydrogen-bond acceptors (Lipinski definition) is 8. The highest BCUT2D eigenvalue weighted by Crippen LogP contribution is 2.37. The van der Waals surface area contributed by atoms with Crippen molar-refractivity contribution in [3.05, 3.63) is 46.1 Å². The first-order valence-corrected chi connectivity index (χ1v) is 10.5. The Balaban J connectivity index is 1.66. The molecular weight excluding hydrogens is 420 g/mol. The fraction of sp³-hybridized carbons (Fsp3) is 0.381. The lowest BCUT2D eigenvalue weighted by Crippen LogP contribution is -2.36. The van der Waals surface area contributed by atoms with Crippen molar-refractivity contribution >= 4 is 34.3 Å². The summed E-state index contributed by atoms with van der Waals surface area (Å²) in [5.41, 5.74) is 2.09. The number of methoxy groups -OCH3 is 1. The largest absolute Gasteiger partial charge is 0.466 e. The molecule has 1 unspecified atom stereocenters. The van der Waals surface area contributed by atoms with Crippen molar-refractivity contribution in [3.63, 3.8) is 0 Å². The smallest absolute Gasteiger partial charge is 0.410 e. The minimum Gasteiger partial charge on any atom is -0.466 e. The van der Waals surface area contributed by atoms with E-state index in [0.29, 0.717) is 23.5 Å². The fourth-order valence-electron chi connectivity index (χ4n) is 3.26. The Kier molecular flexibility index (Phi) is 7.20. The van der Waals surface area contributed by atoms with Gasteiger partial charge in [-0.2, -0.15) is 5.26 Å².